The van der Waals surface area contributed by atoms with Gasteiger partial charge in [-0.15, -0.1) is 0 Å². The molecule has 0 bridgehead atoms. The zero-order chi connectivity index (χ0) is 34.4. The van der Waals surface area contributed by atoms with Crippen molar-refractivity contribution in [3.05, 3.63) is 59.7 Å². The number of amides is 3. The molecule has 1 unspecified atom stereocenters. The van der Waals surface area contributed by atoms with E-state index in [0.717, 1.165) is 11.1 Å². The summed E-state index contributed by atoms with van der Waals surface area (Å²) in [6.07, 6.45) is 0.317. The molecule has 3 rings (SSSR count). The van der Waals surface area contributed by atoms with Gasteiger partial charge >= 0.3 is 13.7 Å². The molecule has 1 saturated heterocycles. The van der Waals surface area contributed by atoms with Crippen molar-refractivity contribution in [1.82, 2.24) is 15.5 Å². The number of hydrogen-bond acceptors (Lipinski definition) is 7. The summed E-state index contributed by atoms with van der Waals surface area (Å²) in [5, 5.41) is 5.51. The third-order valence-corrected chi connectivity index (χ3v) is 9.84. The van der Waals surface area contributed by atoms with Crippen molar-refractivity contribution >= 4 is 25.5 Å². The Hall–Kier alpha value is -3.52. The molecule has 0 radical (unpaired) electrons. The molecule has 1 aliphatic rings. The van der Waals surface area contributed by atoms with E-state index in [1.54, 1.807) is 52.0 Å². The highest BCUT2D eigenvalue weighted by Gasteiger charge is 2.43. The van der Waals surface area contributed by atoms with Crippen molar-refractivity contribution < 1.29 is 32.7 Å². The second-order valence-corrected chi connectivity index (χ2v) is 16.1. The Kier molecular flexibility index (Phi) is 12.4. The Labute approximate surface area is 274 Å². The van der Waals surface area contributed by atoms with E-state index in [1.165, 1.54) is 4.90 Å². The molecule has 0 saturated carbocycles. The third kappa shape index (κ3) is 9.99. The van der Waals surface area contributed by atoms with E-state index in [2.05, 4.69) is 38.3 Å². The van der Waals surface area contributed by atoms with Crippen molar-refractivity contribution in [2.75, 3.05) is 6.54 Å². The second kappa shape index (κ2) is 15.4. The van der Waals surface area contributed by atoms with Crippen molar-refractivity contribution in [3.8, 4) is 11.5 Å². The van der Waals surface area contributed by atoms with E-state index in [-0.39, 0.29) is 11.8 Å². The molecule has 2 aromatic carbocycles. The molecule has 254 valence electrons. The van der Waals surface area contributed by atoms with Crippen LogP contribution in [0, 0.1) is 5.92 Å². The van der Waals surface area contributed by atoms with Gasteiger partial charge in [0.25, 0.3) is 0 Å². The highest BCUT2D eigenvalue weighted by Crippen LogP contribution is 2.52. The number of nitrogens with one attached hydrogen (secondary N) is 2. The van der Waals surface area contributed by atoms with Gasteiger partial charge in [-0.1, -0.05) is 65.8 Å². The highest BCUT2D eigenvalue weighted by molar-refractivity contribution is 7.55. The molecule has 3 amide bonds. The predicted molar refractivity (Wildman–Crippen MR) is 180 cm³/mol. The van der Waals surface area contributed by atoms with Crippen LogP contribution in [0.5, 0.6) is 11.5 Å². The van der Waals surface area contributed by atoms with Crippen LogP contribution >= 0.6 is 7.60 Å². The number of carbonyl (C=O) groups is 3. The number of hydrogen-bond donors (Lipinski definition) is 2. The number of rotatable bonds is 12. The van der Waals surface area contributed by atoms with Gasteiger partial charge in [-0.05, 0) is 93.7 Å². The molecular weight excluding hydrogens is 605 g/mol. The summed E-state index contributed by atoms with van der Waals surface area (Å²) in [5.74, 6) is -0.866. The molecule has 0 spiro atoms. The van der Waals surface area contributed by atoms with Crippen LogP contribution in [0.2, 0.25) is 0 Å². The van der Waals surface area contributed by atoms with Crippen molar-refractivity contribution in [2.24, 2.45) is 5.92 Å². The predicted octanol–water partition coefficient (Wildman–Crippen LogP) is 7.59. The van der Waals surface area contributed by atoms with Crippen molar-refractivity contribution in [1.29, 1.82) is 0 Å². The van der Waals surface area contributed by atoms with E-state index in [9.17, 15) is 18.9 Å². The zero-order valence-electron chi connectivity index (χ0n) is 29.0. The first-order valence-corrected chi connectivity index (χ1v) is 17.8. The molecule has 2 N–H and O–H groups in total. The summed E-state index contributed by atoms with van der Waals surface area (Å²) in [5.41, 5.74) is 1.47. The van der Waals surface area contributed by atoms with Gasteiger partial charge in [-0.2, -0.15) is 0 Å². The number of nitrogens with zero attached hydrogens (tertiary/aromatic N) is 1. The van der Waals surface area contributed by atoms with E-state index in [1.807, 2.05) is 38.1 Å². The number of alkyl carbamates (subject to hydrolysis) is 1. The monoisotopic (exact) mass is 657 g/mol. The molecular formula is C35H52N3O7P. The highest BCUT2D eigenvalue weighted by atomic mass is 31.2. The summed E-state index contributed by atoms with van der Waals surface area (Å²) >= 11 is 0. The molecule has 0 aliphatic carbocycles. The lowest BCUT2D eigenvalue weighted by molar-refractivity contribution is -0.140. The smallest absolute Gasteiger partial charge is 0.444 e. The Balaban J connectivity index is 1.82. The summed E-state index contributed by atoms with van der Waals surface area (Å²) in [6, 6.07) is 12.9. The summed E-state index contributed by atoms with van der Waals surface area (Å²) in [7, 11) is -4.05. The van der Waals surface area contributed by atoms with Crippen LogP contribution in [0.1, 0.15) is 105 Å². The average Bonchev–Trinajstić information content (AvgIpc) is 3.45. The minimum Gasteiger partial charge on any atom is -0.444 e. The van der Waals surface area contributed by atoms with Gasteiger partial charge in [0.1, 0.15) is 29.2 Å². The van der Waals surface area contributed by atoms with Crippen LogP contribution in [0.3, 0.4) is 0 Å². The van der Waals surface area contributed by atoms with E-state index in [4.69, 9.17) is 13.8 Å². The minimum absolute atomic E-state index is 0.255. The maximum Gasteiger partial charge on any atom is 0.452 e. The van der Waals surface area contributed by atoms with Gasteiger partial charge in [0.05, 0.1) is 0 Å². The Morgan fingerprint density at radius 3 is 1.70 bits per heavy atom. The SMILES string of the molecule is CC(C)c1ccc(OP(=O)(Oc2ccc(C(C)C)cc2)C(C)NC(=O)[C@@H]2CCCN2C(=O)[C@@H](NC(=O)OC(C)(C)C)C(C)C)cc1. The first kappa shape index (κ1) is 36.9. The van der Waals surface area contributed by atoms with Gasteiger partial charge in [0, 0.05) is 6.54 Å². The van der Waals surface area contributed by atoms with Crippen LogP contribution < -0.4 is 19.7 Å². The maximum absolute atomic E-state index is 14.5. The van der Waals surface area contributed by atoms with Crippen LogP contribution in [0.25, 0.3) is 0 Å². The van der Waals surface area contributed by atoms with Gasteiger partial charge in [-0.3, -0.25) is 9.59 Å². The fraction of sp³-hybridized carbons (Fsp3) is 0.571. The van der Waals surface area contributed by atoms with Crippen LogP contribution in [-0.4, -0.2) is 52.8 Å². The minimum atomic E-state index is -4.05. The molecule has 1 fully saturated rings. The Morgan fingerprint density at radius 2 is 1.28 bits per heavy atom. The average molecular weight is 658 g/mol. The molecule has 2 aromatic rings. The zero-order valence-corrected chi connectivity index (χ0v) is 29.9. The van der Waals surface area contributed by atoms with Crippen LogP contribution in [0.15, 0.2) is 48.5 Å². The molecule has 11 heteroatoms. The van der Waals surface area contributed by atoms with E-state index < -0.39 is 43.1 Å². The molecule has 3 atom stereocenters. The first-order valence-electron chi connectivity index (χ1n) is 16.2. The number of likely N-dealkylation sites (tertiary alicyclic amines) is 1. The first-order chi connectivity index (χ1) is 21.4. The summed E-state index contributed by atoms with van der Waals surface area (Å²) in [4.78, 5) is 41.4. The number of ether oxygens (including phenoxy) is 1. The van der Waals surface area contributed by atoms with Gasteiger partial charge in [0.2, 0.25) is 11.8 Å². The lowest BCUT2D eigenvalue weighted by atomic mass is 10.0. The van der Waals surface area contributed by atoms with Crippen LogP contribution in [-0.2, 0) is 18.9 Å². The van der Waals surface area contributed by atoms with Gasteiger partial charge in [0.15, 0.2) is 5.78 Å². The number of carbonyl (C=O) groups excluding carboxylic acids is 3. The van der Waals surface area contributed by atoms with E-state index >= 15 is 0 Å². The largest absolute Gasteiger partial charge is 0.452 e. The Bertz CT molecular complexity index is 1330. The standard InChI is InChI=1S/C35H52N3O7P/c1-22(2)26-13-17-28(18-14-26)44-46(42,45-29-19-15-27(16-20-29)23(3)4)25(7)36-32(39)30-12-11-21-38(30)33(40)31(24(5)6)37-34(41)43-35(8,9)10/h13-20,22-25,30-31H,11-12,21H2,1-10H3,(H,36,39)(H,37,41)/t25?,30-,31-/m0/s1. The topological polar surface area (TPSA) is 123 Å². The third-order valence-electron chi connectivity index (χ3n) is 7.83. The van der Waals surface area contributed by atoms with Gasteiger partial charge in [-0.25, -0.2) is 9.36 Å². The quantitative estimate of drug-likeness (QED) is 0.226. The van der Waals surface area contributed by atoms with Gasteiger partial charge < -0.3 is 29.3 Å². The molecule has 1 aliphatic heterocycles. The fourth-order valence-electron chi connectivity index (χ4n) is 5.11. The normalized spacial score (nSPS) is 16.7. The summed E-state index contributed by atoms with van der Waals surface area (Å²) in [6.45, 7) is 19.1. The maximum atomic E-state index is 14.5. The lowest BCUT2D eigenvalue weighted by Crippen LogP contribution is -2.56. The Morgan fingerprint density at radius 1 is 0.804 bits per heavy atom. The molecule has 0 aromatic heterocycles. The molecule has 46 heavy (non-hydrogen) atoms. The fourth-order valence-corrected chi connectivity index (χ4v) is 6.58. The van der Waals surface area contributed by atoms with E-state index in [0.29, 0.717) is 42.7 Å². The van der Waals surface area contributed by atoms with Crippen molar-refractivity contribution in [2.45, 2.75) is 117 Å². The lowest BCUT2D eigenvalue weighted by Gasteiger charge is -2.32. The van der Waals surface area contributed by atoms with Crippen LogP contribution in [0.4, 0.5) is 4.79 Å². The summed E-state index contributed by atoms with van der Waals surface area (Å²) < 4.78 is 32.0. The molecule has 1 heterocycles. The van der Waals surface area contributed by atoms with Crippen molar-refractivity contribution in [3.63, 3.8) is 0 Å². The number of benzene rings is 2. The second-order valence-electron chi connectivity index (χ2n) is 13.9. The molecule has 10 nitrogen and oxygen atoms in total.